The van der Waals surface area contributed by atoms with Crippen molar-refractivity contribution in [3.05, 3.63) is 0 Å². The molecule has 2 heterocycles. The van der Waals surface area contributed by atoms with E-state index in [1.807, 2.05) is 0 Å². The van der Waals surface area contributed by atoms with Gasteiger partial charge in [-0.25, -0.2) is 4.79 Å². The summed E-state index contributed by atoms with van der Waals surface area (Å²) in [6.07, 6.45) is 1.66. The number of carbonyl (C=O) groups is 1. The molecule has 34 heavy (non-hydrogen) atoms. The molecule has 2 fully saturated rings. The Morgan fingerprint density at radius 2 is 0.824 bits per heavy atom. The highest BCUT2D eigenvalue weighted by Crippen LogP contribution is 2.43. The van der Waals surface area contributed by atoms with Gasteiger partial charge in [-0.2, -0.15) is 10.1 Å². The molecule has 0 atom stereocenters. The van der Waals surface area contributed by atoms with Gasteiger partial charge in [0.25, 0.3) is 0 Å². The fourth-order valence-electron chi connectivity index (χ4n) is 5.85. The lowest BCUT2D eigenvalue weighted by Gasteiger charge is -2.55. The Morgan fingerprint density at radius 1 is 0.588 bits per heavy atom. The molecular weight excluding hydrogens is 432 g/mol. The third kappa shape index (κ3) is 7.55. The van der Waals surface area contributed by atoms with Crippen molar-refractivity contribution in [2.75, 3.05) is 0 Å². The minimum Gasteiger partial charge on any atom is -0.431 e. The molecule has 0 radical (unpaired) electrons. The predicted octanol–water partition coefficient (Wildman–Crippen LogP) is 6.64. The van der Waals surface area contributed by atoms with E-state index < -0.39 is 6.16 Å². The van der Waals surface area contributed by atoms with Crippen molar-refractivity contribution in [3.63, 3.8) is 0 Å². The number of hydrogen-bond acceptors (Lipinski definition) is 7. The number of rotatable bonds is 4. The SMILES string of the molecule is CC(C)(C)ON1C(C)(C)CC(OC(=O)OC2CC(C)(C)N(OC(C)(C)C)C(C)(C)C2)CC1(C)C. The minimum atomic E-state index is -0.580. The molecule has 2 aliphatic rings. The van der Waals surface area contributed by atoms with Crippen molar-refractivity contribution in [1.29, 1.82) is 0 Å². The molecule has 0 unspecified atom stereocenters. The van der Waals surface area contributed by atoms with Crippen LogP contribution >= 0.6 is 0 Å². The maximum atomic E-state index is 12.9. The van der Waals surface area contributed by atoms with Crippen LogP contribution < -0.4 is 0 Å². The highest BCUT2D eigenvalue weighted by atomic mass is 16.7. The second kappa shape index (κ2) is 9.20. The summed E-state index contributed by atoms with van der Waals surface area (Å²) in [5.74, 6) is 0. The Morgan fingerprint density at radius 3 is 1.03 bits per heavy atom. The summed E-state index contributed by atoms with van der Waals surface area (Å²) in [5, 5.41) is 4.17. The van der Waals surface area contributed by atoms with Crippen molar-refractivity contribution >= 4 is 6.16 Å². The van der Waals surface area contributed by atoms with Crippen LogP contribution in [-0.2, 0) is 19.1 Å². The van der Waals surface area contributed by atoms with Gasteiger partial charge in [-0.05, 0) is 96.9 Å². The summed E-state index contributed by atoms with van der Waals surface area (Å²) in [7, 11) is 0. The first kappa shape index (κ1) is 29.3. The number of hydrogen-bond donors (Lipinski definition) is 0. The van der Waals surface area contributed by atoms with Crippen molar-refractivity contribution in [1.82, 2.24) is 10.1 Å². The smallest absolute Gasteiger partial charge is 0.431 e. The second-order valence-electron chi connectivity index (χ2n) is 14.8. The van der Waals surface area contributed by atoms with E-state index in [-0.39, 0.29) is 45.6 Å². The maximum Gasteiger partial charge on any atom is 0.508 e. The summed E-state index contributed by atoms with van der Waals surface area (Å²) in [5.41, 5.74) is -1.77. The van der Waals surface area contributed by atoms with Crippen LogP contribution in [0.3, 0.4) is 0 Å². The molecule has 0 amide bonds. The van der Waals surface area contributed by atoms with Crippen LogP contribution in [0.15, 0.2) is 0 Å². The Kier molecular flexibility index (Phi) is 7.94. The van der Waals surface area contributed by atoms with Crippen LogP contribution in [0.5, 0.6) is 0 Å². The van der Waals surface area contributed by atoms with Gasteiger partial charge < -0.3 is 9.47 Å². The fourth-order valence-corrected chi connectivity index (χ4v) is 5.85. The first-order valence-electron chi connectivity index (χ1n) is 12.8. The molecule has 0 aromatic heterocycles. The average Bonchev–Trinajstić information content (AvgIpc) is 2.51. The maximum absolute atomic E-state index is 12.9. The van der Waals surface area contributed by atoms with Gasteiger partial charge in [-0.15, -0.1) is 0 Å². The first-order chi connectivity index (χ1) is 14.9. The molecule has 2 saturated heterocycles. The highest BCUT2D eigenvalue weighted by molar-refractivity contribution is 5.60. The first-order valence-corrected chi connectivity index (χ1v) is 12.8. The lowest BCUT2D eigenvalue weighted by Crippen LogP contribution is -2.64. The quantitative estimate of drug-likeness (QED) is 0.414. The summed E-state index contributed by atoms with van der Waals surface area (Å²) in [6, 6.07) is 0. The molecule has 0 N–H and O–H groups in total. The lowest BCUT2D eigenvalue weighted by atomic mass is 9.80. The minimum absolute atomic E-state index is 0.234. The van der Waals surface area contributed by atoms with Gasteiger partial charge in [0.1, 0.15) is 12.2 Å². The van der Waals surface area contributed by atoms with Crippen LogP contribution in [0.25, 0.3) is 0 Å². The normalized spacial score (nSPS) is 26.3. The molecule has 200 valence electrons. The zero-order valence-electron chi connectivity index (χ0n) is 24.4. The fraction of sp³-hybridized carbons (Fsp3) is 0.963. The molecule has 0 aromatic rings. The van der Waals surface area contributed by atoms with Crippen molar-refractivity contribution < 1.29 is 23.9 Å². The van der Waals surface area contributed by atoms with Crippen LogP contribution in [-0.4, -0.2) is 61.8 Å². The number of ether oxygens (including phenoxy) is 2. The third-order valence-electron chi connectivity index (χ3n) is 6.36. The topological polar surface area (TPSA) is 60.5 Å². The number of nitrogens with zero attached hydrogens (tertiary/aromatic N) is 2. The largest absolute Gasteiger partial charge is 0.508 e. The Bertz CT molecular complexity index is 634. The van der Waals surface area contributed by atoms with Gasteiger partial charge in [-0.3, -0.25) is 9.68 Å². The number of piperidine rings is 2. The van der Waals surface area contributed by atoms with Crippen molar-refractivity contribution in [2.24, 2.45) is 0 Å². The molecule has 0 aromatic carbocycles. The van der Waals surface area contributed by atoms with E-state index in [4.69, 9.17) is 19.1 Å². The predicted molar refractivity (Wildman–Crippen MR) is 135 cm³/mol. The molecule has 0 aliphatic carbocycles. The zero-order chi connectivity index (χ0) is 26.5. The van der Waals surface area contributed by atoms with E-state index in [9.17, 15) is 4.79 Å². The van der Waals surface area contributed by atoms with Gasteiger partial charge in [-0.1, -0.05) is 0 Å². The standard InChI is InChI=1S/C27H52N2O5/c1-22(2,3)33-28-24(7,8)15-19(16-25(28,9)10)31-21(30)32-20-17-26(11,12)29(27(13,14)18-20)34-23(4,5)6/h19-20H,15-18H2,1-14H3. The van der Waals surface area contributed by atoms with Crippen LogP contribution in [0.2, 0.25) is 0 Å². The van der Waals surface area contributed by atoms with E-state index in [2.05, 4.69) is 107 Å². The molecule has 7 nitrogen and oxygen atoms in total. The van der Waals surface area contributed by atoms with Crippen LogP contribution in [0, 0.1) is 0 Å². The van der Waals surface area contributed by atoms with E-state index in [0.29, 0.717) is 25.7 Å². The van der Waals surface area contributed by atoms with Gasteiger partial charge in [0.15, 0.2) is 0 Å². The molecule has 0 spiro atoms. The number of hydroxylamine groups is 4. The molecule has 0 bridgehead atoms. The Balaban J connectivity index is 2.05. The van der Waals surface area contributed by atoms with Crippen molar-refractivity contribution in [2.45, 2.75) is 168 Å². The van der Waals surface area contributed by atoms with Crippen LogP contribution in [0.4, 0.5) is 4.79 Å². The van der Waals surface area contributed by atoms with Gasteiger partial charge in [0.2, 0.25) is 0 Å². The zero-order valence-corrected chi connectivity index (χ0v) is 24.4. The molecule has 7 heteroatoms. The molecule has 0 saturated carbocycles. The second-order valence-corrected chi connectivity index (χ2v) is 14.8. The summed E-state index contributed by atoms with van der Waals surface area (Å²) < 4.78 is 11.8. The van der Waals surface area contributed by atoms with Gasteiger partial charge in [0.05, 0.1) is 11.2 Å². The monoisotopic (exact) mass is 484 g/mol. The highest BCUT2D eigenvalue weighted by Gasteiger charge is 2.51. The van der Waals surface area contributed by atoms with E-state index in [1.54, 1.807) is 0 Å². The van der Waals surface area contributed by atoms with Crippen molar-refractivity contribution in [3.8, 4) is 0 Å². The molecule has 2 aliphatic heterocycles. The Labute approximate surface area is 208 Å². The van der Waals surface area contributed by atoms with Gasteiger partial charge >= 0.3 is 6.16 Å². The Hall–Kier alpha value is -0.890. The van der Waals surface area contributed by atoms with Gasteiger partial charge in [0, 0.05) is 47.8 Å². The summed E-state index contributed by atoms with van der Waals surface area (Å²) in [6.45, 7) is 29.4. The van der Waals surface area contributed by atoms with E-state index in [1.165, 1.54) is 0 Å². The average molecular weight is 485 g/mol. The van der Waals surface area contributed by atoms with E-state index >= 15 is 0 Å². The lowest BCUT2D eigenvalue weighted by molar-refractivity contribution is -0.335. The summed E-state index contributed by atoms with van der Waals surface area (Å²) in [4.78, 5) is 25.5. The molecule has 2 rings (SSSR count). The van der Waals surface area contributed by atoms with E-state index in [0.717, 1.165) is 0 Å². The summed E-state index contributed by atoms with van der Waals surface area (Å²) >= 11 is 0. The third-order valence-corrected chi connectivity index (χ3v) is 6.36. The van der Waals surface area contributed by atoms with Crippen LogP contribution in [0.1, 0.15) is 123 Å². The number of carbonyl (C=O) groups excluding carboxylic acids is 1. The molecular formula is C27H52N2O5.